The van der Waals surface area contributed by atoms with E-state index in [1.807, 2.05) is 6.07 Å². The van der Waals surface area contributed by atoms with Crippen LogP contribution < -0.4 is 5.32 Å². The molecule has 0 aliphatic carbocycles. The molecular formula is C18H14Cl2N4O3. The molecule has 0 bridgehead atoms. The molecule has 1 heterocycles. The van der Waals surface area contributed by atoms with Crippen LogP contribution in [0.2, 0.25) is 10.0 Å². The third-order valence-corrected chi connectivity index (χ3v) is 4.61. The van der Waals surface area contributed by atoms with Crippen molar-refractivity contribution in [3.63, 3.8) is 0 Å². The van der Waals surface area contributed by atoms with Crippen molar-refractivity contribution in [3.8, 4) is 0 Å². The van der Waals surface area contributed by atoms with E-state index < -0.39 is 4.92 Å². The first-order valence-electron chi connectivity index (χ1n) is 7.86. The highest BCUT2D eigenvalue weighted by molar-refractivity contribution is 6.42. The van der Waals surface area contributed by atoms with E-state index in [9.17, 15) is 14.9 Å². The second kappa shape index (κ2) is 7.77. The molecule has 0 spiro atoms. The van der Waals surface area contributed by atoms with Crippen molar-refractivity contribution in [3.05, 3.63) is 85.6 Å². The van der Waals surface area contributed by atoms with E-state index in [0.29, 0.717) is 33.4 Å². The van der Waals surface area contributed by atoms with Crippen molar-refractivity contribution in [1.29, 1.82) is 0 Å². The van der Waals surface area contributed by atoms with Gasteiger partial charge in [-0.05, 0) is 36.8 Å². The maximum absolute atomic E-state index is 12.3. The first-order valence-corrected chi connectivity index (χ1v) is 8.62. The Bertz CT molecular complexity index is 1030. The largest absolute Gasteiger partial charge is 0.319 e. The molecule has 0 radical (unpaired) electrons. The Hall–Kier alpha value is -2.90. The normalized spacial score (nSPS) is 10.6. The third-order valence-electron chi connectivity index (χ3n) is 3.88. The summed E-state index contributed by atoms with van der Waals surface area (Å²) in [6.45, 7) is 2.05. The summed E-state index contributed by atoms with van der Waals surface area (Å²) < 4.78 is 1.65. The third kappa shape index (κ3) is 4.45. The van der Waals surface area contributed by atoms with Gasteiger partial charge in [-0.15, -0.1) is 0 Å². The number of carbonyl (C=O) groups is 1. The average molecular weight is 405 g/mol. The van der Waals surface area contributed by atoms with Gasteiger partial charge < -0.3 is 5.32 Å². The molecule has 27 heavy (non-hydrogen) atoms. The molecule has 9 heteroatoms. The van der Waals surface area contributed by atoms with Gasteiger partial charge >= 0.3 is 0 Å². The molecule has 138 valence electrons. The zero-order chi connectivity index (χ0) is 19.6. The van der Waals surface area contributed by atoms with Gasteiger partial charge in [-0.2, -0.15) is 5.10 Å². The number of nitro benzene ring substituents is 1. The highest BCUT2D eigenvalue weighted by Crippen LogP contribution is 2.23. The summed E-state index contributed by atoms with van der Waals surface area (Å²) in [6, 6.07) is 9.52. The van der Waals surface area contributed by atoms with Gasteiger partial charge in [0.2, 0.25) is 0 Å². The molecular weight excluding hydrogens is 391 g/mol. The van der Waals surface area contributed by atoms with E-state index in [0.717, 1.165) is 5.56 Å². The molecule has 2 aromatic carbocycles. The van der Waals surface area contributed by atoms with E-state index in [1.54, 1.807) is 29.9 Å². The van der Waals surface area contributed by atoms with E-state index in [2.05, 4.69) is 10.4 Å². The Morgan fingerprint density at radius 1 is 1.22 bits per heavy atom. The fraction of sp³-hybridized carbons (Fsp3) is 0.111. The van der Waals surface area contributed by atoms with Crippen molar-refractivity contribution in [2.75, 3.05) is 5.32 Å². The van der Waals surface area contributed by atoms with Gasteiger partial charge in [-0.1, -0.05) is 29.3 Å². The van der Waals surface area contributed by atoms with Crippen molar-refractivity contribution in [2.24, 2.45) is 0 Å². The molecule has 0 atom stereocenters. The lowest BCUT2D eigenvalue weighted by Gasteiger charge is -2.05. The van der Waals surface area contributed by atoms with Crippen molar-refractivity contribution >= 4 is 40.5 Å². The number of nitrogens with one attached hydrogen (secondary N) is 1. The summed E-state index contributed by atoms with van der Waals surface area (Å²) >= 11 is 11.9. The number of halogens is 2. The first-order chi connectivity index (χ1) is 12.8. The molecule has 0 fully saturated rings. The van der Waals surface area contributed by atoms with Crippen molar-refractivity contribution in [1.82, 2.24) is 9.78 Å². The Labute approximate surface area is 164 Å². The number of anilines is 1. The lowest BCUT2D eigenvalue weighted by molar-refractivity contribution is -0.385. The number of amides is 1. The van der Waals surface area contributed by atoms with Crippen LogP contribution >= 0.6 is 23.2 Å². The van der Waals surface area contributed by atoms with Gasteiger partial charge in [0.15, 0.2) is 0 Å². The van der Waals surface area contributed by atoms with E-state index in [-0.39, 0.29) is 11.6 Å². The van der Waals surface area contributed by atoms with E-state index in [1.165, 1.54) is 24.4 Å². The summed E-state index contributed by atoms with van der Waals surface area (Å²) in [5, 5.41) is 18.7. The summed E-state index contributed by atoms with van der Waals surface area (Å²) in [4.78, 5) is 22.7. The molecule has 3 rings (SSSR count). The number of hydrogen-bond acceptors (Lipinski definition) is 4. The zero-order valence-electron chi connectivity index (χ0n) is 14.1. The van der Waals surface area contributed by atoms with Gasteiger partial charge in [0, 0.05) is 23.4 Å². The number of aryl methyl sites for hydroxylation is 1. The lowest BCUT2D eigenvalue weighted by atomic mass is 10.1. The highest BCUT2D eigenvalue weighted by Gasteiger charge is 2.14. The van der Waals surface area contributed by atoms with Gasteiger partial charge in [0.1, 0.15) is 0 Å². The monoisotopic (exact) mass is 404 g/mol. The number of hydrogen-bond donors (Lipinski definition) is 1. The molecule has 0 aliphatic rings. The van der Waals surface area contributed by atoms with Crippen LogP contribution in [0.4, 0.5) is 11.4 Å². The van der Waals surface area contributed by atoms with Crippen LogP contribution in [-0.2, 0) is 6.54 Å². The molecule has 7 nitrogen and oxygen atoms in total. The lowest BCUT2D eigenvalue weighted by Crippen LogP contribution is -2.12. The maximum Gasteiger partial charge on any atom is 0.272 e. The minimum atomic E-state index is -0.482. The smallest absolute Gasteiger partial charge is 0.272 e. The molecule has 0 saturated carbocycles. The number of carbonyl (C=O) groups excluding carboxylic acids is 1. The number of aromatic nitrogens is 2. The topological polar surface area (TPSA) is 90.1 Å². The van der Waals surface area contributed by atoms with Gasteiger partial charge in [0.05, 0.1) is 33.4 Å². The fourth-order valence-corrected chi connectivity index (χ4v) is 2.87. The summed E-state index contributed by atoms with van der Waals surface area (Å²) in [6.07, 6.45) is 3.20. The molecule has 0 unspecified atom stereocenters. The van der Waals surface area contributed by atoms with Gasteiger partial charge in [-0.3, -0.25) is 19.6 Å². The molecule has 0 aliphatic heterocycles. The van der Waals surface area contributed by atoms with Crippen LogP contribution in [0.1, 0.15) is 21.5 Å². The van der Waals surface area contributed by atoms with Crippen LogP contribution in [0.5, 0.6) is 0 Å². The Balaban J connectivity index is 1.70. The highest BCUT2D eigenvalue weighted by atomic mass is 35.5. The summed E-state index contributed by atoms with van der Waals surface area (Å²) in [5.41, 5.74) is 2.15. The predicted molar refractivity (Wildman–Crippen MR) is 104 cm³/mol. The number of rotatable bonds is 5. The molecule has 0 saturated heterocycles. The van der Waals surface area contributed by atoms with Crippen molar-refractivity contribution in [2.45, 2.75) is 13.5 Å². The quantitative estimate of drug-likeness (QED) is 0.492. The van der Waals surface area contributed by atoms with E-state index in [4.69, 9.17) is 23.2 Å². The first kappa shape index (κ1) is 18.9. The molecule has 3 aromatic rings. The summed E-state index contributed by atoms with van der Waals surface area (Å²) in [7, 11) is 0. The Morgan fingerprint density at radius 2 is 2.00 bits per heavy atom. The van der Waals surface area contributed by atoms with Gasteiger partial charge in [0.25, 0.3) is 11.6 Å². The Morgan fingerprint density at radius 3 is 2.67 bits per heavy atom. The Kier molecular flexibility index (Phi) is 5.43. The average Bonchev–Trinajstić information content (AvgIpc) is 3.04. The zero-order valence-corrected chi connectivity index (χ0v) is 15.7. The molecule has 1 N–H and O–H groups in total. The van der Waals surface area contributed by atoms with Crippen LogP contribution in [0.25, 0.3) is 0 Å². The number of nitro groups is 1. The maximum atomic E-state index is 12.3. The minimum absolute atomic E-state index is 0.0269. The SMILES string of the molecule is Cc1cc(C(=O)Nc2cnn(Cc3ccc(Cl)c(Cl)c3)c2)ccc1[N+](=O)[O-]. The summed E-state index contributed by atoms with van der Waals surface area (Å²) in [5.74, 6) is -0.373. The van der Waals surface area contributed by atoms with Crippen molar-refractivity contribution < 1.29 is 9.72 Å². The van der Waals surface area contributed by atoms with Crippen LogP contribution in [0, 0.1) is 17.0 Å². The van der Waals surface area contributed by atoms with E-state index >= 15 is 0 Å². The fourth-order valence-electron chi connectivity index (χ4n) is 2.54. The number of nitrogens with zero attached hydrogens (tertiary/aromatic N) is 3. The van der Waals surface area contributed by atoms with Crippen LogP contribution in [0.15, 0.2) is 48.8 Å². The molecule has 1 aromatic heterocycles. The molecule has 1 amide bonds. The predicted octanol–water partition coefficient (Wildman–Crippen LogP) is 4.71. The van der Waals surface area contributed by atoms with Gasteiger partial charge in [-0.25, -0.2) is 0 Å². The second-order valence-corrected chi connectivity index (χ2v) is 6.70. The van der Waals surface area contributed by atoms with Crippen LogP contribution in [-0.4, -0.2) is 20.6 Å². The van der Waals surface area contributed by atoms with Crippen LogP contribution in [0.3, 0.4) is 0 Å². The standard InChI is InChI=1S/C18H14Cl2N4O3/c1-11-6-13(3-5-17(11)24(26)27)18(25)22-14-8-21-23(10-14)9-12-2-4-15(19)16(20)7-12/h2-8,10H,9H2,1H3,(H,22,25). The minimum Gasteiger partial charge on any atom is -0.319 e. The number of benzene rings is 2. The second-order valence-electron chi connectivity index (χ2n) is 5.89.